The summed E-state index contributed by atoms with van der Waals surface area (Å²) in [6.45, 7) is 3.10. The van der Waals surface area contributed by atoms with Crippen LogP contribution in [0.1, 0.15) is 20.3 Å². The van der Waals surface area contributed by atoms with Crippen molar-refractivity contribution in [2.75, 3.05) is 6.61 Å². The van der Waals surface area contributed by atoms with Crippen LogP contribution in [0.4, 0.5) is 0 Å². The molecule has 0 spiro atoms. The molecule has 9 heavy (non-hydrogen) atoms. The Morgan fingerprint density at radius 2 is 2.33 bits per heavy atom. The maximum absolute atomic E-state index is 10.2. The lowest BCUT2D eigenvalue weighted by Gasteiger charge is -2.10. The van der Waals surface area contributed by atoms with E-state index in [-0.39, 0.29) is 18.7 Å². The van der Waals surface area contributed by atoms with Gasteiger partial charge in [0.25, 0.3) is 0 Å². The lowest BCUT2D eigenvalue weighted by molar-refractivity contribution is -0.148. The SMILES string of the molecule is CCC(CO)OC(C)=O. The first-order valence-electron chi connectivity index (χ1n) is 2.98. The van der Waals surface area contributed by atoms with Gasteiger partial charge in [0.2, 0.25) is 0 Å². The van der Waals surface area contributed by atoms with Crippen LogP contribution in [0.5, 0.6) is 0 Å². The standard InChI is InChI=1S/C6H12O3/c1-3-6(4-7)9-5(2)8/h6-7H,3-4H2,1-2H3. The summed E-state index contributed by atoms with van der Waals surface area (Å²) in [6.07, 6.45) is 0.346. The van der Waals surface area contributed by atoms with E-state index in [1.807, 2.05) is 6.92 Å². The Balaban J connectivity index is 3.43. The van der Waals surface area contributed by atoms with Crippen molar-refractivity contribution in [2.24, 2.45) is 0 Å². The van der Waals surface area contributed by atoms with Crippen LogP contribution in [0.3, 0.4) is 0 Å². The van der Waals surface area contributed by atoms with Gasteiger partial charge in [-0.05, 0) is 6.42 Å². The molecule has 0 aromatic carbocycles. The topological polar surface area (TPSA) is 46.5 Å². The van der Waals surface area contributed by atoms with Gasteiger partial charge in [-0.1, -0.05) is 6.92 Å². The number of aliphatic hydroxyl groups excluding tert-OH is 1. The maximum atomic E-state index is 10.2. The van der Waals surface area contributed by atoms with E-state index in [0.29, 0.717) is 6.42 Å². The lowest BCUT2D eigenvalue weighted by Crippen LogP contribution is -2.18. The third-order valence-corrected chi connectivity index (χ3v) is 0.992. The van der Waals surface area contributed by atoms with Crippen molar-refractivity contribution < 1.29 is 14.6 Å². The predicted molar refractivity (Wildman–Crippen MR) is 32.9 cm³/mol. The van der Waals surface area contributed by atoms with Gasteiger partial charge in [0.1, 0.15) is 6.10 Å². The molecule has 0 bridgehead atoms. The number of esters is 1. The quantitative estimate of drug-likeness (QED) is 0.562. The first kappa shape index (κ1) is 8.43. The summed E-state index contributed by atoms with van der Waals surface area (Å²) >= 11 is 0. The zero-order chi connectivity index (χ0) is 7.28. The molecule has 0 heterocycles. The molecule has 3 heteroatoms. The third-order valence-electron chi connectivity index (χ3n) is 0.992. The predicted octanol–water partition coefficient (Wildman–Crippen LogP) is 0.320. The van der Waals surface area contributed by atoms with Crippen LogP contribution in [0.2, 0.25) is 0 Å². The Labute approximate surface area is 54.6 Å². The van der Waals surface area contributed by atoms with Crippen LogP contribution in [0.15, 0.2) is 0 Å². The summed E-state index contributed by atoms with van der Waals surface area (Å²) in [7, 11) is 0. The van der Waals surface area contributed by atoms with Crippen molar-refractivity contribution in [3.8, 4) is 0 Å². The number of carbonyl (C=O) groups excluding carboxylic acids is 1. The molecule has 0 fully saturated rings. The van der Waals surface area contributed by atoms with Gasteiger partial charge >= 0.3 is 5.97 Å². The Bertz CT molecular complexity index is 86.3. The van der Waals surface area contributed by atoms with Crippen molar-refractivity contribution in [2.45, 2.75) is 26.4 Å². The van der Waals surface area contributed by atoms with E-state index in [0.717, 1.165) is 0 Å². The van der Waals surface area contributed by atoms with Crippen LogP contribution in [0, 0.1) is 0 Å². The lowest BCUT2D eigenvalue weighted by atomic mass is 10.3. The molecular formula is C6H12O3. The van der Waals surface area contributed by atoms with Crippen LogP contribution in [-0.2, 0) is 9.53 Å². The van der Waals surface area contributed by atoms with E-state index in [1.54, 1.807) is 0 Å². The van der Waals surface area contributed by atoms with Crippen molar-refractivity contribution >= 4 is 5.97 Å². The monoisotopic (exact) mass is 132 g/mol. The minimum Gasteiger partial charge on any atom is -0.460 e. The molecule has 0 aliphatic heterocycles. The number of hydrogen-bond donors (Lipinski definition) is 1. The summed E-state index contributed by atoms with van der Waals surface area (Å²) < 4.78 is 4.66. The highest BCUT2D eigenvalue weighted by molar-refractivity contribution is 5.66. The minimum absolute atomic E-state index is 0.0872. The van der Waals surface area contributed by atoms with E-state index in [1.165, 1.54) is 6.92 Å². The Morgan fingerprint density at radius 3 is 2.44 bits per heavy atom. The second-order valence-corrected chi connectivity index (χ2v) is 1.82. The number of hydrogen-bond acceptors (Lipinski definition) is 3. The molecule has 0 saturated carbocycles. The van der Waals surface area contributed by atoms with Gasteiger partial charge in [0.05, 0.1) is 6.61 Å². The summed E-state index contributed by atoms with van der Waals surface area (Å²) in [5.41, 5.74) is 0. The van der Waals surface area contributed by atoms with Gasteiger partial charge in [-0.15, -0.1) is 0 Å². The molecule has 1 atom stereocenters. The van der Waals surface area contributed by atoms with Gasteiger partial charge < -0.3 is 9.84 Å². The summed E-state index contributed by atoms with van der Waals surface area (Å²) in [5.74, 6) is -0.337. The number of aliphatic hydroxyl groups is 1. The molecule has 0 amide bonds. The molecule has 1 unspecified atom stereocenters. The van der Waals surface area contributed by atoms with Crippen molar-refractivity contribution in [1.29, 1.82) is 0 Å². The average molecular weight is 132 g/mol. The van der Waals surface area contributed by atoms with Crippen molar-refractivity contribution in [3.63, 3.8) is 0 Å². The summed E-state index contributed by atoms with van der Waals surface area (Å²) in [6, 6.07) is 0. The second kappa shape index (κ2) is 4.32. The Hall–Kier alpha value is -0.570. The number of carbonyl (C=O) groups is 1. The largest absolute Gasteiger partial charge is 0.460 e. The van der Waals surface area contributed by atoms with Crippen molar-refractivity contribution in [1.82, 2.24) is 0 Å². The highest BCUT2D eigenvalue weighted by Gasteiger charge is 2.05. The molecule has 0 aliphatic rings. The fraction of sp³-hybridized carbons (Fsp3) is 0.833. The van der Waals surface area contributed by atoms with E-state index in [4.69, 9.17) is 5.11 Å². The first-order valence-corrected chi connectivity index (χ1v) is 2.98. The fourth-order valence-corrected chi connectivity index (χ4v) is 0.484. The molecule has 0 aromatic heterocycles. The van der Waals surface area contributed by atoms with Crippen LogP contribution in [0.25, 0.3) is 0 Å². The second-order valence-electron chi connectivity index (χ2n) is 1.82. The number of rotatable bonds is 3. The van der Waals surface area contributed by atoms with Crippen LogP contribution in [-0.4, -0.2) is 23.8 Å². The minimum atomic E-state index is -0.337. The zero-order valence-corrected chi connectivity index (χ0v) is 5.76. The van der Waals surface area contributed by atoms with Gasteiger partial charge in [-0.3, -0.25) is 4.79 Å². The maximum Gasteiger partial charge on any atom is 0.302 e. The molecule has 0 rings (SSSR count). The normalized spacial score (nSPS) is 12.8. The van der Waals surface area contributed by atoms with E-state index >= 15 is 0 Å². The molecule has 54 valence electrons. The molecular weight excluding hydrogens is 120 g/mol. The third kappa shape index (κ3) is 3.97. The van der Waals surface area contributed by atoms with Gasteiger partial charge in [-0.2, -0.15) is 0 Å². The smallest absolute Gasteiger partial charge is 0.302 e. The molecule has 0 aliphatic carbocycles. The first-order chi connectivity index (χ1) is 4.20. The van der Waals surface area contributed by atoms with Gasteiger partial charge in [0.15, 0.2) is 0 Å². The summed E-state index contributed by atoms with van der Waals surface area (Å²) in [5, 5.41) is 8.50. The average Bonchev–Trinajstić information content (AvgIpc) is 1.82. The van der Waals surface area contributed by atoms with Crippen molar-refractivity contribution in [3.05, 3.63) is 0 Å². The van der Waals surface area contributed by atoms with Crippen LogP contribution >= 0.6 is 0 Å². The highest BCUT2D eigenvalue weighted by atomic mass is 16.5. The fourth-order valence-electron chi connectivity index (χ4n) is 0.484. The Morgan fingerprint density at radius 1 is 1.78 bits per heavy atom. The molecule has 3 nitrogen and oxygen atoms in total. The molecule has 0 aromatic rings. The van der Waals surface area contributed by atoms with E-state index < -0.39 is 0 Å². The Kier molecular flexibility index (Phi) is 4.05. The van der Waals surface area contributed by atoms with E-state index in [2.05, 4.69) is 4.74 Å². The molecule has 0 radical (unpaired) electrons. The van der Waals surface area contributed by atoms with E-state index in [9.17, 15) is 4.79 Å². The van der Waals surface area contributed by atoms with Gasteiger partial charge in [0, 0.05) is 6.92 Å². The molecule has 1 N–H and O–H groups in total. The zero-order valence-electron chi connectivity index (χ0n) is 5.76. The number of ether oxygens (including phenoxy) is 1. The molecule has 0 saturated heterocycles. The van der Waals surface area contributed by atoms with Crippen LogP contribution < -0.4 is 0 Å². The highest BCUT2D eigenvalue weighted by Crippen LogP contribution is 1.95. The summed E-state index contributed by atoms with van der Waals surface area (Å²) in [4.78, 5) is 10.2. The van der Waals surface area contributed by atoms with Gasteiger partial charge in [-0.25, -0.2) is 0 Å².